The monoisotopic (exact) mass is 908 g/mol. The Morgan fingerprint density at radius 3 is 2.25 bits per heavy atom. The topological polar surface area (TPSA) is 277 Å². The molecule has 0 amide bonds. The molecular weight excluding hydrogens is 858 g/mol. The molecule has 0 bridgehead atoms. The Morgan fingerprint density at radius 2 is 1.58 bits per heavy atom. The van der Waals surface area contributed by atoms with Crippen LogP contribution >= 0.6 is 0 Å². The zero-order valence-corrected chi connectivity index (χ0v) is 35.3. The van der Waals surface area contributed by atoms with E-state index < -0.39 is 118 Å². The van der Waals surface area contributed by atoms with Gasteiger partial charge >= 0.3 is 18.1 Å². The summed E-state index contributed by atoms with van der Waals surface area (Å²) in [6.07, 6.45) is -2.05. The maximum Gasteiger partial charge on any atom is 0.514 e. The number of Topliss-reactive ketones (excluding diaryl/α,β-unsaturated/α-hetero) is 1. The third-order valence-electron chi connectivity index (χ3n) is 12.8. The standard InChI is InChI=1S/C42H50F2N2O18/c1-39-15-14-26(47)20-29(39)30(43)21-28-27-22-33(48)42(40(27,2)23-34(49)41(28,39)44,64-37(52)9-5-4-6-17-61-45(54)55)35(50)24-60-38(53)63-31-12-10-25(19-32(31)58-3)11-13-36(51)59-16-7-8-18-62-46(56)57/h10-15,19-20,27-28,30,33-34,48-49H,4-9,16-18,21-24H2,1-3H3/b13-11+/t27?,28?,30-,33+,34-,39-,40-,41-,42-/m0/s1. The Balaban J connectivity index is 1.32. The Kier molecular flexibility index (Phi) is 15.5. The second-order valence-electron chi connectivity index (χ2n) is 16.4. The molecule has 0 heterocycles. The molecule has 0 saturated heterocycles. The number of hydrogen-bond donors (Lipinski definition) is 2. The SMILES string of the molecule is COc1cc(/C=C/C(=O)OCCCCO[N+](=O)[O-])ccc1OC(=O)OCC(=O)[C@@]1(OC(=O)CCCCCO[N+](=O)[O-])[C@H](O)CC2C3C[C@H](F)C4=CC(=O)C=C[C@]4(C)[C@@]3(F)[C@@H](O)C[C@@]21C. The average molecular weight is 909 g/mol. The molecule has 2 N–H and O–H groups in total. The van der Waals surface area contributed by atoms with Crippen LogP contribution in [-0.4, -0.2) is 113 Å². The summed E-state index contributed by atoms with van der Waals surface area (Å²) in [5.74, 6) is -6.13. The molecule has 64 heavy (non-hydrogen) atoms. The average Bonchev–Trinajstić information content (AvgIpc) is 3.45. The van der Waals surface area contributed by atoms with Crippen molar-refractivity contribution in [1.29, 1.82) is 0 Å². The number of aliphatic hydroxyl groups is 2. The van der Waals surface area contributed by atoms with Crippen molar-refractivity contribution in [3.63, 3.8) is 0 Å². The largest absolute Gasteiger partial charge is 0.514 e. The number of alkyl halides is 2. The summed E-state index contributed by atoms with van der Waals surface area (Å²) >= 11 is 0. The number of hydrogen-bond acceptors (Lipinski definition) is 18. The number of methoxy groups -OCH3 is 1. The quantitative estimate of drug-likeness (QED) is 0.0323. The maximum absolute atomic E-state index is 17.8. The van der Waals surface area contributed by atoms with E-state index in [1.807, 2.05) is 0 Å². The lowest BCUT2D eigenvalue weighted by molar-refractivity contribution is -0.757. The molecule has 0 radical (unpaired) electrons. The first-order chi connectivity index (χ1) is 30.2. The van der Waals surface area contributed by atoms with Crippen LogP contribution in [0.5, 0.6) is 11.5 Å². The summed E-state index contributed by atoms with van der Waals surface area (Å²) in [5.41, 5.74) is -8.52. The Bertz CT molecular complexity index is 2080. The van der Waals surface area contributed by atoms with Crippen LogP contribution in [0.3, 0.4) is 0 Å². The number of benzene rings is 1. The predicted molar refractivity (Wildman–Crippen MR) is 212 cm³/mol. The maximum atomic E-state index is 17.8. The molecular formula is C42H50F2N2O18. The van der Waals surface area contributed by atoms with E-state index in [1.54, 1.807) is 0 Å². The van der Waals surface area contributed by atoms with E-state index in [1.165, 1.54) is 51.3 Å². The van der Waals surface area contributed by atoms with Crippen LogP contribution in [0, 0.1) is 42.9 Å². The van der Waals surface area contributed by atoms with Gasteiger partial charge in [0, 0.05) is 29.2 Å². The van der Waals surface area contributed by atoms with Crippen LogP contribution in [0.15, 0.2) is 48.1 Å². The Labute approximate surface area is 364 Å². The minimum absolute atomic E-state index is 0.0147. The second kappa shape index (κ2) is 20.2. The van der Waals surface area contributed by atoms with E-state index in [0.717, 1.165) is 18.2 Å². The van der Waals surface area contributed by atoms with Gasteiger partial charge in [0.2, 0.25) is 11.4 Å². The number of carbonyl (C=O) groups excluding carboxylic acids is 5. The van der Waals surface area contributed by atoms with Gasteiger partial charge in [-0.3, -0.25) is 14.4 Å². The van der Waals surface area contributed by atoms with Gasteiger partial charge in [-0.05, 0) is 99.3 Å². The molecule has 1 aromatic rings. The van der Waals surface area contributed by atoms with Crippen LogP contribution in [-0.2, 0) is 43.1 Å². The smallest absolute Gasteiger partial charge is 0.493 e. The van der Waals surface area contributed by atoms with Crippen molar-refractivity contribution < 1.29 is 86.5 Å². The van der Waals surface area contributed by atoms with Crippen molar-refractivity contribution in [3.05, 3.63) is 73.9 Å². The first-order valence-electron chi connectivity index (χ1n) is 20.5. The van der Waals surface area contributed by atoms with Crippen molar-refractivity contribution in [2.45, 2.75) is 101 Å². The summed E-state index contributed by atoms with van der Waals surface area (Å²) in [5, 5.41) is 42.5. The van der Waals surface area contributed by atoms with Gasteiger partial charge in [0.25, 0.3) is 10.2 Å². The van der Waals surface area contributed by atoms with Crippen LogP contribution in [0.4, 0.5) is 13.6 Å². The zero-order valence-electron chi connectivity index (χ0n) is 35.3. The number of rotatable bonds is 21. The predicted octanol–water partition coefficient (Wildman–Crippen LogP) is 4.66. The number of fused-ring (bicyclic) bond motifs is 5. The number of ether oxygens (including phenoxy) is 5. The molecule has 5 rings (SSSR count). The van der Waals surface area contributed by atoms with Crippen molar-refractivity contribution in [1.82, 2.24) is 0 Å². The molecule has 350 valence electrons. The van der Waals surface area contributed by atoms with Crippen LogP contribution in [0.2, 0.25) is 0 Å². The van der Waals surface area contributed by atoms with E-state index in [0.29, 0.717) is 12.0 Å². The van der Waals surface area contributed by atoms with E-state index in [9.17, 15) is 54.4 Å². The van der Waals surface area contributed by atoms with E-state index in [4.69, 9.17) is 23.7 Å². The number of aliphatic hydroxyl groups excluding tert-OH is 2. The van der Waals surface area contributed by atoms with Crippen LogP contribution in [0.1, 0.15) is 77.2 Å². The lowest BCUT2D eigenvalue weighted by Gasteiger charge is -2.63. The molecule has 0 aliphatic heterocycles. The van der Waals surface area contributed by atoms with Gasteiger partial charge in [0.05, 0.1) is 33.0 Å². The zero-order chi connectivity index (χ0) is 47.0. The fraction of sp³-hybridized carbons (Fsp3) is 0.595. The molecule has 0 spiro atoms. The van der Waals surface area contributed by atoms with Crippen LogP contribution in [0.25, 0.3) is 6.08 Å². The summed E-state index contributed by atoms with van der Waals surface area (Å²) < 4.78 is 60.6. The fourth-order valence-corrected chi connectivity index (χ4v) is 9.82. The minimum Gasteiger partial charge on any atom is -0.493 e. The molecule has 22 heteroatoms. The summed E-state index contributed by atoms with van der Waals surface area (Å²) in [6, 6.07) is 4.11. The number of ketones is 2. The molecule has 0 aromatic heterocycles. The normalized spacial score (nSPS) is 30.2. The van der Waals surface area contributed by atoms with Crippen molar-refractivity contribution >= 4 is 35.7 Å². The first-order valence-corrected chi connectivity index (χ1v) is 20.5. The van der Waals surface area contributed by atoms with E-state index >= 15 is 8.78 Å². The third-order valence-corrected chi connectivity index (χ3v) is 12.8. The lowest BCUT2D eigenvalue weighted by Crippen LogP contribution is -2.71. The van der Waals surface area contributed by atoms with Crippen LogP contribution < -0.4 is 9.47 Å². The molecule has 1 aromatic carbocycles. The van der Waals surface area contributed by atoms with Gasteiger partial charge in [-0.25, -0.2) is 18.4 Å². The highest BCUT2D eigenvalue weighted by molar-refractivity contribution is 6.01. The molecule has 4 aliphatic carbocycles. The van der Waals surface area contributed by atoms with E-state index in [-0.39, 0.29) is 69.0 Å². The number of halogens is 2. The van der Waals surface area contributed by atoms with Crippen molar-refractivity contribution in [3.8, 4) is 11.5 Å². The fourth-order valence-electron chi connectivity index (χ4n) is 9.82. The van der Waals surface area contributed by atoms with Gasteiger partial charge in [0.15, 0.2) is 29.6 Å². The van der Waals surface area contributed by atoms with Gasteiger partial charge in [0.1, 0.15) is 12.3 Å². The number of allylic oxidation sites excluding steroid dienone is 4. The molecule has 4 aliphatic rings. The lowest BCUT2D eigenvalue weighted by atomic mass is 9.44. The number of carbonyl (C=O) groups is 5. The summed E-state index contributed by atoms with van der Waals surface area (Å²) in [7, 11) is 1.25. The molecule has 3 fully saturated rings. The van der Waals surface area contributed by atoms with Gasteiger partial charge < -0.3 is 43.6 Å². The van der Waals surface area contributed by atoms with Crippen molar-refractivity contribution in [2.75, 3.05) is 33.5 Å². The first kappa shape index (κ1) is 49.0. The molecule has 20 nitrogen and oxygen atoms in total. The summed E-state index contributed by atoms with van der Waals surface area (Å²) in [6.45, 7) is 1.21. The second-order valence-corrected chi connectivity index (χ2v) is 16.4. The Morgan fingerprint density at radius 1 is 0.906 bits per heavy atom. The van der Waals surface area contributed by atoms with Gasteiger partial charge in [-0.1, -0.05) is 25.5 Å². The van der Waals surface area contributed by atoms with Gasteiger partial charge in [-0.15, -0.1) is 20.2 Å². The molecule has 9 atom stereocenters. The molecule has 2 unspecified atom stereocenters. The number of esters is 2. The highest BCUT2D eigenvalue weighted by atomic mass is 19.1. The van der Waals surface area contributed by atoms with Crippen molar-refractivity contribution in [2.24, 2.45) is 22.7 Å². The molecule has 3 saturated carbocycles. The highest BCUT2D eigenvalue weighted by Crippen LogP contribution is 2.70. The van der Waals surface area contributed by atoms with E-state index in [2.05, 4.69) is 9.68 Å². The summed E-state index contributed by atoms with van der Waals surface area (Å²) in [4.78, 5) is 94.7. The number of nitrogens with zero attached hydrogens (tertiary/aromatic N) is 2. The highest BCUT2D eigenvalue weighted by Gasteiger charge is 2.79. The third kappa shape index (κ3) is 9.86. The Hall–Kier alpha value is -6.03. The number of unbranched alkanes of at least 4 members (excludes halogenated alkanes) is 3. The minimum atomic E-state index is -2.61. The van der Waals surface area contributed by atoms with Gasteiger partial charge in [-0.2, -0.15) is 0 Å².